The van der Waals surface area contributed by atoms with Crippen molar-refractivity contribution in [3.8, 4) is 0 Å². The zero-order chi connectivity index (χ0) is 13.9. The summed E-state index contributed by atoms with van der Waals surface area (Å²) in [5.74, 6) is 0.592. The van der Waals surface area contributed by atoms with E-state index < -0.39 is 10.0 Å². The van der Waals surface area contributed by atoms with Crippen LogP contribution in [0.1, 0.15) is 31.2 Å². The summed E-state index contributed by atoms with van der Waals surface area (Å²) in [5, 5.41) is 0. The minimum atomic E-state index is -3.34. The number of rotatable bonds is 5. The molecule has 106 valence electrons. The number of hydrogen-bond donors (Lipinski definition) is 0. The molecule has 1 aliphatic heterocycles. The van der Waals surface area contributed by atoms with Gasteiger partial charge in [0, 0.05) is 18.5 Å². The Morgan fingerprint density at radius 2 is 2.00 bits per heavy atom. The SMILES string of the molecule is Cc1ccc(S(=O)(=O)N2CCCC2CCCCl)cc1. The van der Waals surface area contributed by atoms with Gasteiger partial charge in [0.15, 0.2) is 0 Å². The topological polar surface area (TPSA) is 37.4 Å². The summed E-state index contributed by atoms with van der Waals surface area (Å²) >= 11 is 5.71. The summed E-state index contributed by atoms with van der Waals surface area (Å²) < 4.78 is 26.9. The molecule has 1 heterocycles. The molecule has 2 rings (SSSR count). The first-order chi connectivity index (χ1) is 9.05. The first-order valence-electron chi connectivity index (χ1n) is 6.70. The van der Waals surface area contributed by atoms with Crippen molar-refractivity contribution >= 4 is 21.6 Å². The van der Waals surface area contributed by atoms with Crippen LogP contribution in [-0.4, -0.2) is 31.2 Å². The van der Waals surface area contributed by atoms with Gasteiger partial charge in [-0.15, -0.1) is 11.6 Å². The van der Waals surface area contributed by atoms with Gasteiger partial charge in [-0.1, -0.05) is 17.7 Å². The van der Waals surface area contributed by atoms with Crippen LogP contribution >= 0.6 is 11.6 Å². The predicted octanol–water partition coefficient (Wildman–Crippen LogP) is 3.17. The Morgan fingerprint density at radius 1 is 1.32 bits per heavy atom. The van der Waals surface area contributed by atoms with Crippen molar-refractivity contribution in [1.82, 2.24) is 4.31 Å². The van der Waals surface area contributed by atoms with Gasteiger partial charge in [-0.2, -0.15) is 4.31 Å². The number of halogens is 1. The Labute approximate surface area is 120 Å². The number of sulfonamides is 1. The zero-order valence-electron chi connectivity index (χ0n) is 11.2. The standard InChI is InChI=1S/C14H20ClNO2S/c1-12-6-8-14(9-7-12)19(17,18)16-11-3-5-13(16)4-2-10-15/h6-9,13H,2-5,10-11H2,1H3. The lowest BCUT2D eigenvalue weighted by Crippen LogP contribution is -2.35. The molecule has 1 atom stereocenters. The second-order valence-corrected chi connectivity index (χ2v) is 7.32. The Kier molecular flexibility index (Phi) is 4.87. The fourth-order valence-corrected chi connectivity index (χ4v) is 4.45. The van der Waals surface area contributed by atoms with Crippen LogP contribution in [0.2, 0.25) is 0 Å². The van der Waals surface area contributed by atoms with Crippen molar-refractivity contribution in [2.45, 2.75) is 43.5 Å². The summed E-state index contributed by atoms with van der Waals surface area (Å²) in [5.41, 5.74) is 1.07. The van der Waals surface area contributed by atoms with Gasteiger partial charge in [-0.05, 0) is 44.7 Å². The van der Waals surface area contributed by atoms with E-state index in [0.29, 0.717) is 17.3 Å². The van der Waals surface area contributed by atoms with Gasteiger partial charge in [-0.3, -0.25) is 0 Å². The summed E-state index contributed by atoms with van der Waals surface area (Å²) in [4.78, 5) is 0.399. The number of alkyl halides is 1. The fourth-order valence-electron chi connectivity index (χ4n) is 2.57. The molecule has 5 heteroatoms. The summed E-state index contributed by atoms with van der Waals surface area (Å²) in [7, 11) is -3.34. The van der Waals surface area contributed by atoms with Crippen molar-refractivity contribution in [2.24, 2.45) is 0 Å². The van der Waals surface area contributed by atoms with Crippen molar-refractivity contribution in [2.75, 3.05) is 12.4 Å². The van der Waals surface area contributed by atoms with Crippen LogP contribution in [0.5, 0.6) is 0 Å². The van der Waals surface area contributed by atoms with Gasteiger partial charge < -0.3 is 0 Å². The van der Waals surface area contributed by atoms with Crippen LogP contribution in [0.4, 0.5) is 0 Å². The van der Waals surface area contributed by atoms with Crippen LogP contribution in [0.25, 0.3) is 0 Å². The Balaban J connectivity index is 2.21. The van der Waals surface area contributed by atoms with Crippen molar-refractivity contribution in [1.29, 1.82) is 0 Å². The first-order valence-corrected chi connectivity index (χ1v) is 8.67. The van der Waals surface area contributed by atoms with E-state index >= 15 is 0 Å². The number of nitrogens with zero attached hydrogens (tertiary/aromatic N) is 1. The van der Waals surface area contributed by atoms with Gasteiger partial charge in [0.1, 0.15) is 0 Å². The molecule has 0 aromatic heterocycles. The molecule has 0 amide bonds. The monoisotopic (exact) mass is 301 g/mol. The maximum absolute atomic E-state index is 12.6. The largest absolute Gasteiger partial charge is 0.243 e. The highest BCUT2D eigenvalue weighted by molar-refractivity contribution is 7.89. The highest BCUT2D eigenvalue weighted by Gasteiger charge is 2.34. The highest BCUT2D eigenvalue weighted by Crippen LogP contribution is 2.28. The predicted molar refractivity (Wildman–Crippen MR) is 78.0 cm³/mol. The molecule has 1 aromatic rings. The number of benzene rings is 1. The van der Waals surface area contributed by atoms with E-state index in [-0.39, 0.29) is 6.04 Å². The molecule has 0 radical (unpaired) electrons. The molecule has 3 nitrogen and oxygen atoms in total. The summed E-state index contributed by atoms with van der Waals surface area (Å²) in [6.07, 6.45) is 3.61. The van der Waals surface area contributed by atoms with Crippen molar-refractivity contribution in [3.63, 3.8) is 0 Å². The van der Waals surface area contributed by atoms with E-state index in [4.69, 9.17) is 11.6 Å². The lowest BCUT2D eigenvalue weighted by Gasteiger charge is -2.24. The molecule has 1 fully saturated rings. The van der Waals surface area contributed by atoms with Gasteiger partial charge >= 0.3 is 0 Å². The molecule has 1 aromatic carbocycles. The van der Waals surface area contributed by atoms with Crippen molar-refractivity contribution < 1.29 is 8.42 Å². The van der Waals surface area contributed by atoms with E-state index in [1.165, 1.54) is 0 Å². The summed E-state index contributed by atoms with van der Waals surface area (Å²) in [6, 6.07) is 7.20. The second kappa shape index (κ2) is 6.25. The van der Waals surface area contributed by atoms with Gasteiger partial charge in [-0.25, -0.2) is 8.42 Å². The molecule has 19 heavy (non-hydrogen) atoms. The van der Waals surface area contributed by atoms with Crippen LogP contribution in [-0.2, 0) is 10.0 Å². The van der Waals surface area contributed by atoms with Crippen LogP contribution in [0, 0.1) is 6.92 Å². The zero-order valence-corrected chi connectivity index (χ0v) is 12.8. The minimum absolute atomic E-state index is 0.116. The Morgan fingerprint density at radius 3 is 2.63 bits per heavy atom. The molecule has 0 N–H and O–H groups in total. The van der Waals surface area contributed by atoms with Crippen LogP contribution in [0.15, 0.2) is 29.2 Å². The molecule has 0 saturated carbocycles. The molecular formula is C14H20ClNO2S. The van der Waals surface area contributed by atoms with E-state index in [9.17, 15) is 8.42 Å². The third-order valence-corrected chi connectivity index (χ3v) is 5.85. The lowest BCUT2D eigenvalue weighted by atomic mass is 10.1. The van der Waals surface area contributed by atoms with Gasteiger partial charge in [0.2, 0.25) is 10.0 Å². The molecule has 1 aliphatic rings. The highest BCUT2D eigenvalue weighted by atomic mass is 35.5. The average molecular weight is 302 g/mol. The molecule has 1 saturated heterocycles. The van der Waals surface area contributed by atoms with Crippen LogP contribution < -0.4 is 0 Å². The summed E-state index contributed by atoms with van der Waals surface area (Å²) in [6.45, 7) is 2.58. The van der Waals surface area contributed by atoms with Crippen molar-refractivity contribution in [3.05, 3.63) is 29.8 Å². The second-order valence-electron chi connectivity index (χ2n) is 5.06. The molecule has 1 unspecified atom stereocenters. The van der Waals surface area contributed by atoms with Gasteiger partial charge in [0.05, 0.1) is 4.90 Å². The van der Waals surface area contributed by atoms with Gasteiger partial charge in [0.25, 0.3) is 0 Å². The molecule has 0 aliphatic carbocycles. The maximum Gasteiger partial charge on any atom is 0.243 e. The Hall–Kier alpha value is -0.580. The lowest BCUT2D eigenvalue weighted by molar-refractivity contribution is 0.368. The minimum Gasteiger partial charge on any atom is -0.207 e. The molecular weight excluding hydrogens is 282 g/mol. The van der Waals surface area contributed by atoms with E-state index in [0.717, 1.165) is 31.2 Å². The Bertz CT molecular complexity index is 513. The third kappa shape index (κ3) is 3.30. The number of hydrogen-bond acceptors (Lipinski definition) is 2. The number of aryl methyl sites for hydroxylation is 1. The average Bonchev–Trinajstić information content (AvgIpc) is 2.86. The molecule has 0 spiro atoms. The third-order valence-electron chi connectivity index (χ3n) is 3.62. The van der Waals surface area contributed by atoms with E-state index in [1.807, 2.05) is 19.1 Å². The smallest absolute Gasteiger partial charge is 0.207 e. The quantitative estimate of drug-likeness (QED) is 0.783. The normalized spacial score (nSPS) is 20.8. The first kappa shape index (κ1) is 14.8. The molecule has 0 bridgehead atoms. The van der Waals surface area contributed by atoms with Crippen LogP contribution in [0.3, 0.4) is 0 Å². The van der Waals surface area contributed by atoms with E-state index in [2.05, 4.69) is 0 Å². The fraction of sp³-hybridized carbons (Fsp3) is 0.571. The van der Waals surface area contributed by atoms with E-state index in [1.54, 1.807) is 16.4 Å². The maximum atomic E-state index is 12.6.